The number of likely N-dealkylation sites (tertiary alicyclic amines) is 1. The van der Waals surface area contributed by atoms with Gasteiger partial charge in [-0.25, -0.2) is 0 Å². The van der Waals surface area contributed by atoms with Crippen molar-refractivity contribution in [3.8, 4) is 0 Å². The predicted octanol–water partition coefficient (Wildman–Crippen LogP) is 1.71. The van der Waals surface area contributed by atoms with Crippen molar-refractivity contribution in [2.24, 2.45) is 5.92 Å². The lowest BCUT2D eigenvalue weighted by Crippen LogP contribution is -2.47. The average Bonchev–Trinajstić information content (AvgIpc) is 2.02. The van der Waals surface area contributed by atoms with Crippen LogP contribution in [0.25, 0.3) is 0 Å². The van der Waals surface area contributed by atoms with Crippen LogP contribution in [0.2, 0.25) is 0 Å². The summed E-state index contributed by atoms with van der Waals surface area (Å²) in [7, 11) is 0. The molecule has 1 aliphatic heterocycles. The first-order chi connectivity index (χ1) is 6.03. The SMILES string of the molecule is CC(CCl)CN1CCCC(C)(O)C1. The summed E-state index contributed by atoms with van der Waals surface area (Å²) >= 11 is 5.75. The molecule has 2 nitrogen and oxygen atoms in total. The van der Waals surface area contributed by atoms with Crippen LogP contribution in [0.4, 0.5) is 0 Å². The second-order valence-corrected chi connectivity index (χ2v) is 4.90. The number of halogens is 1. The third-order valence-electron chi connectivity index (χ3n) is 2.59. The van der Waals surface area contributed by atoms with Crippen LogP contribution in [0.1, 0.15) is 26.7 Å². The molecule has 0 amide bonds. The number of alkyl halides is 1. The quantitative estimate of drug-likeness (QED) is 0.710. The number of rotatable bonds is 3. The minimum Gasteiger partial charge on any atom is -0.389 e. The maximum absolute atomic E-state index is 9.86. The van der Waals surface area contributed by atoms with E-state index in [1.807, 2.05) is 6.92 Å². The maximum Gasteiger partial charge on any atom is 0.0746 e. The topological polar surface area (TPSA) is 23.5 Å². The molecule has 2 unspecified atom stereocenters. The summed E-state index contributed by atoms with van der Waals surface area (Å²) < 4.78 is 0. The highest BCUT2D eigenvalue weighted by Gasteiger charge is 2.28. The van der Waals surface area contributed by atoms with Crippen LogP contribution in [0, 0.1) is 5.92 Å². The smallest absolute Gasteiger partial charge is 0.0746 e. The molecule has 0 spiro atoms. The molecule has 1 rings (SSSR count). The van der Waals surface area contributed by atoms with Crippen molar-refractivity contribution in [1.29, 1.82) is 0 Å². The van der Waals surface area contributed by atoms with Gasteiger partial charge in [0, 0.05) is 19.0 Å². The summed E-state index contributed by atoms with van der Waals surface area (Å²) in [5.74, 6) is 1.23. The summed E-state index contributed by atoms with van der Waals surface area (Å²) in [6, 6.07) is 0. The second-order valence-electron chi connectivity index (χ2n) is 4.60. The zero-order valence-electron chi connectivity index (χ0n) is 8.59. The van der Waals surface area contributed by atoms with Gasteiger partial charge in [0.25, 0.3) is 0 Å². The van der Waals surface area contributed by atoms with Gasteiger partial charge in [-0.05, 0) is 32.2 Å². The molecule has 2 atom stereocenters. The Morgan fingerprint density at radius 2 is 2.31 bits per heavy atom. The Bertz CT molecular complexity index is 161. The van der Waals surface area contributed by atoms with E-state index in [9.17, 15) is 5.11 Å². The molecule has 0 saturated carbocycles. The molecule has 1 N–H and O–H groups in total. The highest BCUT2D eigenvalue weighted by Crippen LogP contribution is 2.20. The van der Waals surface area contributed by atoms with Gasteiger partial charge in [-0.2, -0.15) is 0 Å². The third kappa shape index (κ3) is 3.84. The lowest BCUT2D eigenvalue weighted by atomic mass is 9.94. The van der Waals surface area contributed by atoms with Crippen LogP contribution < -0.4 is 0 Å². The first kappa shape index (κ1) is 11.3. The minimum atomic E-state index is -0.482. The summed E-state index contributed by atoms with van der Waals surface area (Å²) in [6.07, 6.45) is 2.03. The Balaban J connectivity index is 2.34. The Hall–Kier alpha value is 0.210. The molecule has 0 aromatic rings. The average molecular weight is 206 g/mol. The van der Waals surface area contributed by atoms with Crippen LogP contribution in [-0.4, -0.2) is 41.1 Å². The molecular formula is C10H20ClNO. The van der Waals surface area contributed by atoms with E-state index in [4.69, 9.17) is 11.6 Å². The number of aliphatic hydroxyl groups is 1. The number of hydrogen-bond donors (Lipinski definition) is 1. The van der Waals surface area contributed by atoms with E-state index < -0.39 is 5.60 Å². The first-order valence-corrected chi connectivity index (χ1v) is 5.58. The second kappa shape index (κ2) is 4.63. The van der Waals surface area contributed by atoms with Crippen molar-refractivity contribution in [2.45, 2.75) is 32.3 Å². The van der Waals surface area contributed by atoms with Crippen LogP contribution in [-0.2, 0) is 0 Å². The normalized spacial score (nSPS) is 33.2. The number of hydrogen-bond acceptors (Lipinski definition) is 2. The van der Waals surface area contributed by atoms with Gasteiger partial charge in [-0.1, -0.05) is 6.92 Å². The van der Waals surface area contributed by atoms with E-state index in [-0.39, 0.29) is 0 Å². The van der Waals surface area contributed by atoms with Gasteiger partial charge < -0.3 is 10.0 Å². The summed E-state index contributed by atoms with van der Waals surface area (Å²) in [5.41, 5.74) is -0.482. The molecule has 3 heteroatoms. The van der Waals surface area contributed by atoms with Crippen molar-refractivity contribution in [3.63, 3.8) is 0 Å². The molecule has 1 fully saturated rings. The third-order valence-corrected chi connectivity index (χ3v) is 3.11. The molecule has 0 aromatic carbocycles. The molecule has 0 radical (unpaired) electrons. The highest BCUT2D eigenvalue weighted by molar-refractivity contribution is 6.18. The van der Waals surface area contributed by atoms with Gasteiger partial charge in [0.1, 0.15) is 0 Å². The van der Waals surface area contributed by atoms with Crippen LogP contribution in [0.3, 0.4) is 0 Å². The van der Waals surface area contributed by atoms with Crippen molar-refractivity contribution < 1.29 is 5.11 Å². The van der Waals surface area contributed by atoms with Gasteiger partial charge in [-0.15, -0.1) is 11.6 Å². The Kier molecular flexibility index (Phi) is 4.02. The van der Waals surface area contributed by atoms with E-state index >= 15 is 0 Å². The fourth-order valence-electron chi connectivity index (χ4n) is 1.97. The molecule has 13 heavy (non-hydrogen) atoms. The van der Waals surface area contributed by atoms with Crippen LogP contribution in [0.5, 0.6) is 0 Å². The molecule has 0 bridgehead atoms. The van der Waals surface area contributed by atoms with Gasteiger partial charge in [0.2, 0.25) is 0 Å². The van der Waals surface area contributed by atoms with Crippen LogP contribution >= 0.6 is 11.6 Å². The van der Waals surface area contributed by atoms with E-state index in [0.717, 1.165) is 32.5 Å². The van der Waals surface area contributed by atoms with Crippen molar-refractivity contribution in [3.05, 3.63) is 0 Å². The molecule has 0 aliphatic carbocycles. The standard InChI is InChI=1S/C10H20ClNO/c1-9(6-11)7-12-5-3-4-10(2,13)8-12/h9,13H,3-8H2,1-2H3. The molecule has 1 heterocycles. The van der Waals surface area contributed by atoms with Gasteiger partial charge in [0.05, 0.1) is 5.60 Å². The zero-order chi connectivity index (χ0) is 9.90. The molecule has 1 saturated heterocycles. The Labute approximate surface area is 85.9 Å². The summed E-state index contributed by atoms with van der Waals surface area (Å²) in [6.45, 7) is 6.99. The van der Waals surface area contributed by atoms with E-state index in [1.54, 1.807) is 0 Å². The van der Waals surface area contributed by atoms with Gasteiger partial charge in [-0.3, -0.25) is 0 Å². The van der Waals surface area contributed by atoms with Crippen molar-refractivity contribution in [1.82, 2.24) is 4.90 Å². The van der Waals surface area contributed by atoms with E-state index in [0.29, 0.717) is 11.8 Å². The fraction of sp³-hybridized carbons (Fsp3) is 1.00. The van der Waals surface area contributed by atoms with Gasteiger partial charge in [0.15, 0.2) is 0 Å². The minimum absolute atomic E-state index is 0.482. The summed E-state index contributed by atoms with van der Waals surface area (Å²) in [5, 5.41) is 9.86. The lowest BCUT2D eigenvalue weighted by molar-refractivity contribution is -0.0184. The van der Waals surface area contributed by atoms with Crippen molar-refractivity contribution >= 4 is 11.6 Å². The molecular weight excluding hydrogens is 186 g/mol. The molecule has 1 aliphatic rings. The van der Waals surface area contributed by atoms with Crippen molar-refractivity contribution in [2.75, 3.05) is 25.5 Å². The lowest BCUT2D eigenvalue weighted by Gasteiger charge is -2.37. The van der Waals surface area contributed by atoms with E-state index in [1.165, 1.54) is 0 Å². The predicted molar refractivity (Wildman–Crippen MR) is 56.2 cm³/mol. The fourth-order valence-corrected chi connectivity index (χ4v) is 2.07. The highest BCUT2D eigenvalue weighted by atomic mass is 35.5. The summed E-state index contributed by atoms with van der Waals surface area (Å²) in [4.78, 5) is 2.32. The Morgan fingerprint density at radius 1 is 1.62 bits per heavy atom. The monoisotopic (exact) mass is 205 g/mol. The van der Waals surface area contributed by atoms with Gasteiger partial charge >= 0.3 is 0 Å². The van der Waals surface area contributed by atoms with E-state index in [2.05, 4.69) is 11.8 Å². The first-order valence-electron chi connectivity index (χ1n) is 5.04. The number of piperidine rings is 1. The Morgan fingerprint density at radius 3 is 2.85 bits per heavy atom. The molecule has 78 valence electrons. The maximum atomic E-state index is 9.86. The number of nitrogens with zero attached hydrogens (tertiary/aromatic N) is 1. The zero-order valence-corrected chi connectivity index (χ0v) is 9.35. The number of β-amino-alcohol motifs (C(OH)–C–C–N with tert-alkyl or cyclic N) is 1. The largest absolute Gasteiger partial charge is 0.389 e. The molecule has 0 aromatic heterocycles. The van der Waals surface area contributed by atoms with Crippen LogP contribution in [0.15, 0.2) is 0 Å².